The van der Waals surface area contributed by atoms with Crippen LogP contribution in [0.15, 0.2) is 42.5 Å². The van der Waals surface area contributed by atoms with Gasteiger partial charge in [-0.2, -0.15) is 0 Å². The molecule has 0 saturated heterocycles. The molecule has 2 rings (SSSR count). The Bertz CT molecular complexity index is 581. The number of benzene rings is 2. The summed E-state index contributed by atoms with van der Waals surface area (Å²) < 4.78 is 13.0. The minimum absolute atomic E-state index is 0.0224. The van der Waals surface area contributed by atoms with Crippen LogP contribution in [-0.4, -0.2) is 10.9 Å². The number of aromatic hydroxyl groups is 1. The maximum absolute atomic E-state index is 13.0. The van der Waals surface area contributed by atoms with Crippen LogP contribution in [0.4, 0.5) is 10.1 Å². The average Bonchev–Trinajstić information content (AvgIpc) is 2.31. The highest BCUT2D eigenvalue weighted by Gasteiger charge is 2.13. The molecule has 3 nitrogen and oxygen atoms in total. The molecule has 0 atom stereocenters. The molecule has 0 aliphatic heterocycles. The zero-order valence-electron chi connectivity index (χ0n) is 8.85. The van der Waals surface area contributed by atoms with Crippen LogP contribution in [0.25, 0.3) is 0 Å². The molecule has 0 aromatic heterocycles. The number of phenols is 1. The van der Waals surface area contributed by atoms with E-state index in [-0.39, 0.29) is 22.6 Å². The first kappa shape index (κ1) is 11.1. The molecule has 0 saturated carbocycles. The second-order valence-corrected chi connectivity index (χ2v) is 3.61. The highest BCUT2D eigenvalue weighted by molar-refractivity contribution is 6.12. The predicted octanol–water partition coefficient (Wildman–Crippen LogP) is 2.34. The maximum Gasteiger partial charge on any atom is 0.195 e. The summed E-state index contributed by atoms with van der Waals surface area (Å²) in [4.78, 5) is 12.0. The van der Waals surface area contributed by atoms with Gasteiger partial charge >= 0.3 is 0 Å². The fourth-order valence-corrected chi connectivity index (χ4v) is 1.53. The van der Waals surface area contributed by atoms with Crippen molar-refractivity contribution >= 4 is 11.5 Å². The SMILES string of the molecule is Nc1ccc(F)cc1C(=O)c1cccc(O)c1. The van der Waals surface area contributed by atoms with E-state index in [1.54, 1.807) is 0 Å². The summed E-state index contributed by atoms with van der Waals surface area (Å²) >= 11 is 0. The lowest BCUT2D eigenvalue weighted by Gasteiger charge is -2.05. The summed E-state index contributed by atoms with van der Waals surface area (Å²) in [6.07, 6.45) is 0. The van der Waals surface area contributed by atoms with Gasteiger partial charge in [-0.25, -0.2) is 4.39 Å². The van der Waals surface area contributed by atoms with Crippen LogP contribution in [0.1, 0.15) is 15.9 Å². The van der Waals surface area contributed by atoms with Gasteiger partial charge < -0.3 is 10.8 Å². The van der Waals surface area contributed by atoms with Gasteiger partial charge in [0.1, 0.15) is 11.6 Å². The van der Waals surface area contributed by atoms with Gasteiger partial charge in [-0.05, 0) is 30.3 Å². The number of carbonyl (C=O) groups is 1. The van der Waals surface area contributed by atoms with Gasteiger partial charge in [0.25, 0.3) is 0 Å². The van der Waals surface area contributed by atoms with Crippen LogP contribution in [-0.2, 0) is 0 Å². The van der Waals surface area contributed by atoms with E-state index in [9.17, 15) is 14.3 Å². The molecule has 0 unspecified atom stereocenters. The summed E-state index contributed by atoms with van der Waals surface area (Å²) in [7, 11) is 0. The number of ketones is 1. The molecule has 0 aliphatic carbocycles. The Kier molecular flexibility index (Phi) is 2.78. The van der Waals surface area contributed by atoms with E-state index in [1.807, 2.05) is 0 Å². The zero-order valence-corrected chi connectivity index (χ0v) is 8.85. The average molecular weight is 231 g/mol. The van der Waals surface area contributed by atoms with Crippen molar-refractivity contribution in [1.82, 2.24) is 0 Å². The molecular weight excluding hydrogens is 221 g/mol. The number of anilines is 1. The number of carbonyl (C=O) groups excluding carboxylic acids is 1. The fraction of sp³-hybridized carbons (Fsp3) is 0. The van der Waals surface area contributed by atoms with E-state index < -0.39 is 11.6 Å². The molecule has 0 heterocycles. The van der Waals surface area contributed by atoms with Gasteiger partial charge in [0.2, 0.25) is 0 Å². The number of nitrogen functional groups attached to an aromatic ring is 1. The van der Waals surface area contributed by atoms with Crippen molar-refractivity contribution in [3.63, 3.8) is 0 Å². The van der Waals surface area contributed by atoms with Crippen LogP contribution in [0.2, 0.25) is 0 Å². The molecule has 0 radical (unpaired) electrons. The van der Waals surface area contributed by atoms with Crippen LogP contribution in [0.5, 0.6) is 5.75 Å². The Morgan fingerprint density at radius 3 is 2.65 bits per heavy atom. The lowest BCUT2D eigenvalue weighted by atomic mass is 10.0. The lowest BCUT2D eigenvalue weighted by molar-refractivity contribution is 0.103. The van der Waals surface area contributed by atoms with Gasteiger partial charge in [0.15, 0.2) is 5.78 Å². The Hall–Kier alpha value is -2.36. The highest BCUT2D eigenvalue weighted by atomic mass is 19.1. The van der Waals surface area contributed by atoms with Crippen molar-refractivity contribution in [2.24, 2.45) is 0 Å². The van der Waals surface area contributed by atoms with Crippen LogP contribution >= 0.6 is 0 Å². The maximum atomic E-state index is 13.0. The summed E-state index contributed by atoms with van der Waals surface area (Å²) in [6, 6.07) is 9.45. The lowest BCUT2D eigenvalue weighted by Crippen LogP contribution is -2.05. The standard InChI is InChI=1S/C13H10FNO2/c14-9-4-5-12(15)11(7-9)13(17)8-2-1-3-10(16)6-8/h1-7,16H,15H2. The van der Waals surface area contributed by atoms with E-state index in [1.165, 1.54) is 36.4 Å². The minimum atomic E-state index is -0.525. The third kappa shape index (κ3) is 2.25. The number of nitrogens with two attached hydrogens (primary N) is 1. The Morgan fingerprint density at radius 2 is 1.94 bits per heavy atom. The molecular formula is C13H10FNO2. The topological polar surface area (TPSA) is 63.3 Å². The molecule has 3 N–H and O–H groups in total. The second kappa shape index (κ2) is 4.25. The molecule has 0 spiro atoms. The fourth-order valence-electron chi connectivity index (χ4n) is 1.53. The number of phenolic OH excluding ortho intramolecular Hbond substituents is 1. The number of rotatable bonds is 2. The van der Waals surface area contributed by atoms with Gasteiger partial charge in [0.05, 0.1) is 0 Å². The Balaban J connectivity index is 2.47. The quantitative estimate of drug-likeness (QED) is 0.616. The third-order valence-electron chi connectivity index (χ3n) is 2.37. The van der Waals surface area contributed by atoms with Crippen molar-refractivity contribution in [2.45, 2.75) is 0 Å². The van der Waals surface area contributed by atoms with Gasteiger partial charge in [-0.1, -0.05) is 12.1 Å². The van der Waals surface area contributed by atoms with Gasteiger partial charge in [0, 0.05) is 16.8 Å². The summed E-state index contributed by atoms with van der Waals surface area (Å²) in [5, 5.41) is 9.28. The zero-order chi connectivity index (χ0) is 12.4. The third-order valence-corrected chi connectivity index (χ3v) is 2.37. The summed E-state index contributed by atoms with van der Waals surface area (Å²) in [5.74, 6) is -0.966. The van der Waals surface area contributed by atoms with Crippen LogP contribution in [0, 0.1) is 5.82 Å². The van der Waals surface area contributed by atoms with Gasteiger partial charge in [-0.15, -0.1) is 0 Å². The Labute approximate surface area is 97.3 Å². The van der Waals surface area contributed by atoms with E-state index >= 15 is 0 Å². The normalized spacial score (nSPS) is 10.2. The van der Waals surface area contributed by atoms with Crippen molar-refractivity contribution in [3.05, 3.63) is 59.4 Å². The van der Waals surface area contributed by atoms with Gasteiger partial charge in [-0.3, -0.25) is 4.79 Å². The van der Waals surface area contributed by atoms with Crippen LogP contribution < -0.4 is 5.73 Å². The van der Waals surface area contributed by atoms with E-state index in [0.29, 0.717) is 0 Å². The molecule has 17 heavy (non-hydrogen) atoms. The molecule has 0 aliphatic rings. The number of hydrogen-bond donors (Lipinski definition) is 2. The van der Waals surface area contributed by atoms with Crippen LogP contribution in [0.3, 0.4) is 0 Å². The Morgan fingerprint density at radius 1 is 1.18 bits per heavy atom. The van der Waals surface area contributed by atoms with Crippen molar-refractivity contribution in [1.29, 1.82) is 0 Å². The first-order valence-electron chi connectivity index (χ1n) is 4.96. The van der Waals surface area contributed by atoms with E-state index in [0.717, 1.165) is 6.07 Å². The molecule has 0 fully saturated rings. The molecule has 2 aromatic carbocycles. The summed E-state index contributed by atoms with van der Waals surface area (Å²) in [6.45, 7) is 0. The van der Waals surface area contributed by atoms with Crippen molar-refractivity contribution in [2.75, 3.05) is 5.73 Å². The second-order valence-electron chi connectivity index (χ2n) is 3.61. The monoisotopic (exact) mass is 231 g/mol. The molecule has 0 bridgehead atoms. The van der Waals surface area contributed by atoms with Crippen molar-refractivity contribution in [3.8, 4) is 5.75 Å². The first-order chi connectivity index (χ1) is 8.08. The smallest absolute Gasteiger partial charge is 0.195 e. The predicted molar refractivity (Wildman–Crippen MR) is 62.4 cm³/mol. The summed E-state index contributed by atoms with van der Waals surface area (Å²) in [5.41, 5.74) is 6.18. The first-order valence-corrected chi connectivity index (χ1v) is 4.96. The van der Waals surface area contributed by atoms with E-state index in [2.05, 4.69) is 0 Å². The molecule has 2 aromatic rings. The molecule has 4 heteroatoms. The highest BCUT2D eigenvalue weighted by Crippen LogP contribution is 2.20. The number of hydrogen-bond acceptors (Lipinski definition) is 3. The van der Waals surface area contributed by atoms with E-state index in [4.69, 9.17) is 5.73 Å². The largest absolute Gasteiger partial charge is 0.508 e. The van der Waals surface area contributed by atoms with Crippen molar-refractivity contribution < 1.29 is 14.3 Å². The minimum Gasteiger partial charge on any atom is -0.508 e. The molecule has 0 amide bonds. The number of halogens is 1. The molecule has 86 valence electrons.